The van der Waals surface area contributed by atoms with Gasteiger partial charge in [-0.15, -0.1) is 0 Å². The van der Waals surface area contributed by atoms with E-state index in [9.17, 15) is 10.2 Å². The van der Waals surface area contributed by atoms with E-state index >= 15 is 0 Å². The lowest BCUT2D eigenvalue weighted by Crippen LogP contribution is -1.93. The van der Waals surface area contributed by atoms with Gasteiger partial charge in [0.2, 0.25) is 13.6 Å². The predicted molar refractivity (Wildman–Crippen MR) is 93.7 cm³/mol. The average molecular weight is 368 g/mol. The summed E-state index contributed by atoms with van der Waals surface area (Å²) in [6.45, 7) is -0.191. The number of furan rings is 1. The monoisotopic (exact) mass is 368 g/mol. The first kappa shape index (κ1) is 16.0. The lowest BCUT2D eigenvalue weighted by Gasteiger charge is -2.03. The minimum atomic E-state index is -0.270. The summed E-state index contributed by atoms with van der Waals surface area (Å²) in [5.74, 6) is 3.51. The van der Waals surface area contributed by atoms with Crippen molar-refractivity contribution in [2.45, 2.75) is 13.2 Å². The number of rotatable bonds is 4. The van der Waals surface area contributed by atoms with Crippen LogP contribution in [0.25, 0.3) is 22.6 Å². The van der Waals surface area contributed by atoms with Gasteiger partial charge < -0.3 is 33.6 Å². The van der Waals surface area contributed by atoms with Crippen LogP contribution >= 0.6 is 0 Å². The molecule has 27 heavy (non-hydrogen) atoms. The van der Waals surface area contributed by atoms with Gasteiger partial charge in [0.15, 0.2) is 23.0 Å². The molecule has 1 aromatic heterocycles. The number of aliphatic hydroxyl groups excluding tert-OH is 2. The molecule has 0 radical (unpaired) electrons. The molecule has 0 amide bonds. The van der Waals surface area contributed by atoms with Gasteiger partial charge in [-0.25, -0.2) is 0 Å². The first-order chi connectivity index (χ1) is 13.3. The lowest BCUT2D eigenvalue weighted by molar-refractivity contribution is 0.173. The molecule has 2 aliphatic rings. The minimum Gasteiger partial charge on any atom is -0.455 e. The molecule has 0 fully saturated rings. The van der Waals surface area contributed by atoms with Crippen molar-refractivity contribution in [3.05, 3.63) is 47.5 Å². The highest BCUT2D eigenvalue weighted by atomic mass is 16.7. The third-order valence-corrected chi connectivity index (χ3v) is 4.70. The topological polar surface area (TPSA) is 90.5 Å². The third kappa shape index (κ3) is 2.51. The Morgan fingerprint density at radius 1 is 0.630 bits per heavy atom. The predicted octanol–water partition coefficient (Wildman–Crippen LogP) is 3.06. The van der Waals surface area contributed by atoms with E-state index in [4.69, 9.17) is 23.4 Å². The van der Waals surface area contributed by atoms with Crippen LogP contribution in [0.2, 0.25) is 0 Å². The van der Waals surface area contributed by atoms with Gasteiger partial charge in [0.1, 0.15) is 11.5 Å². The third-order valence-electron chi connectivity index (χ3n) is 4.70. The first-order valence-electron chi connectivity index (χ1n) is 8.45. The molecule has 0 bridgehead atoms. The lowest BCUT2D eigenvalue weighted by atomic mass is 10.0. The van der Waals surface area contributed by atoms with Crippen molar-refractivity contribution < 1.29 is 33.6 Å². The van der Waals surface area contributed by atoms with Crippen LogP contribution in [0.5, 0.6) is 23.0 Å². The van der Waals surface area contributed by atoms with E-state index in [-0.39, 0.29) is 26.8 Å². The maximum Gasteiger partial charge on any atom is 0.231 e. The molecule has 3 heterocycles. The quantitative estimate of drug-likeness (QED) is 0.731. The molecule has 0 atom stereocenters. The second-order valence-electron chi connectivity index (χ2n) is 6.17. The Kier molecular flexibility index (Phi) is 3.70. The molecule has 5 rings (SSSR count). The van der Waals surface area contributed by atoms with Gasteiger partial charge in [-0.3, -0.25) is 0 Å². The molecule has 7 heteroatoms. The summed E-state index contributed by atoms with van der Waals surface area (Å²) in [7, 11) is 0. The zero-order chi connectivity index (χ0) is 18.4. The average Bonchev–Trinajstić information content (AvgIpc) is 3.42. The summed E-state index contributed by atoms with van der Waals surface area (Å²) in [5.41, 5.74) is 2.52. The van der Waals surface area contributed by atoms with Crippen molar-refractivity contribution in [3.8, 4) is 45.6 Å². The van der Waals surface area contributed by atoms with Gasteiger partial charge in [0.05, 0.1) is 13.2 Å². The number of ether oxygens (including phenoxy) is 4. The Morgan fingerprint density at radius 3 is 1.52 bits per heavy atom. The number of fused-ring (bicyclic) bond motifs is 2. The zero-order valence-corrected chi connectivity index (χ0v) is 14.2. The second kappa shape index (κ2) is 6.22. The van der Waals surface area contributed by atoms with Crippen LogP contribution in [0, 0.1) is 0 Å². The van der Waals surface area contributed by atoms with Crippen molar-refractivity contribution >= 4 is 0 Å². The molecule has 0 spiro atoms. The van der Waals surface area contributed by atoms with Crippen LogP contribution in [-0.2, 0) is 13.2 Å². The molecule has 0 saturated carbocycles. The Hall–Kier alpha value is -3.16. The fourth-order valence-corrected chi connectivity index (χ4v) is 3.38. The molecule has 0 unspecified atom stereocenters. The SMILES string of the molecule is OCc1c(-c2ccc3c(c2)OCO3)oc(-c2ccc3c(c2)OCO3)c1CO. The van der Waals surface area contributed by atoms with Crippen molar-refractivity contribution in [1.82, 2.24) is 0 Å². The van der Waals surface area contributed by atoms with Crippen LogP contribution in [0.4, 0.5) is 0 Å². The molecule has 2 aromatic carbocycles. The van der Waals surface area contributed by atoms with E-state index in [0.717, 1.165) is 11.1 Å². The number of hydrogen-bond donors (Lipinski definition) is 2. The number of hydrogen-bond acceptors (Lipinski definition) is 7. The number of aliphatic hydroxyl groups is 2. The molecular formula is C20H16O7. The normalized spacial score (nSPS) is 14.0. The fraction of sp³-hybridized carbons (Fsp3) is 0.200. The summed E-state index contributed by atoms with van der Waals surface area (Å²) < 4.78 is 27.6. The highest BCUT2D eigenvalue weighted by Gasteiger charge is 2.25. The van der Waals surface area contributed by atoms with E-state index in [2.05, 4.69) is 0 Å². The largest absolute Gasteiger partial charge is 0.455 e. The van der Waals surface area contributed by atoms with Crippen LogP contribution in [-0.4, -0.2) is 23.8 Å². The van der Waals surface area contributed by atoms with Gasteiger partial charge in [-0.05, 0) is 36.4 Å². The fourth-order valence-electron chi connectivity index (χ4n) is 3.38. The summed E-state index contributed by atoms with van der Waals surface area (Å²) >= 11 is 0. The van der Waals surface area contributed by atoms with Gasteiger partial charge in [0, 0.05) is 22.3 Å². The van der Waals surface area contributed by atoms with Gasteiger partial charge in [-0.1, -0.05) is 0 Å². The summed E-state index contributed by atoms with van der Waals surface area (Å²) in [4.78, 5) is 0. The smallest absolute Gasteiger partial charge is 0.231 e. The first-order valence-corrected chi connectivity index (χ1v) is 8.45. The van der Waals surface area contributed by atoms with Gasteiger partial charge in [0.25, 0.3) is 0 Å². The maximum atomic E-state index is 9.93. The second-order valence-corrected chi connectivity index (χ2v) is 6.17. The Labute approximate surface area is 154 Å². The van der Waals surface area contributed by atoms with E-state index < -0.39 is 0 Å². The van der Waals surface area contributed by atoms with E-state index in [1.807, 2.05) is 12.1 Å². The molecule has 7 nitrogen and oxygen atoms in total. The summed E-state index contributed by atoms with van der Waals surface area (Å²) in [6, 6.07) is 10.8. The Bertz CT molecular complexity index is 941. The molecule has 0 aliphatic carbocycles. The Morgan fingerprint density at radius 2 is 1.07 bits per heavy atom. The highest BCUT2D eigenvalue weighted by Crippen LogP contribution is 2.43. The van der Waals surface area contributed by atoms with Crippen molar-refractivity contribution in [2.75, 3.05) is 13.6 Å². The van der Waals surface area contributed by atoms with Crippen molar-refractivity contribution in [3.63, 3.8) is 0 Å². The van der Waals surface area contributed by atoms with E-state index in [1.54, 1.807) is 24.3 Å². The van der Waals surface area contributed by atoms with Gasteiger partial charge >= 0.3 is 0 Å². The Balaban J connectivity index is 1.65. The van der Waals surface area contributed by atoms with E-state index in [1.165, 1.54) is 0 Å². The van der Waals surface area contributed by atoms with Crippen molar-refractivity contribution in [2.24, 2.45) is 0 Å². The molecule has 138 valence electrons. The molecular weight excluding hydrogens is 352 g/mol. The minimum absolute atomic E-state index is 0.175. The van der Waals surface area contributed by atoms with Gasteiger partial charge in [-0.2, -0.15) is 0 Å². The van der Waals surface area contributed by atoms with Crippen LogP contribution in [0.3, 0.4) is 0 Å². The highest BCUT2D eigenvalue weighted by molar-refractivity contribution is 5.75. The molecule has 2 N–H and O–H groups in total. The summed E-state index contributed by atoms with van der Waals surface area (Å²) in [5, 5.41) is 19.9. The van der Waals surface area contributed by atoms with Crippen LogP contribution in [0.1, 0.15) is 11.1 Å². The summed E-state index contributed by atoms with van der Waals surface area (Å²) in [6.07, 6.45) is 0. The van der Waals surface area contributed by atoms with Crippen LogP contribution < -0.4 is 18.9 Å². The molecule has 3 aromatic rings. The van der Waals surface area contributed by atoms with Crippen LogP contribution in [0.15, 0.2) is 40.8 Å². The molecule has 0 saturated heterocycles. The maximum absolute atomic E-state index is 9.93. The number of benzene rings is 2. The standard InChI is InChI=1S/C20H16O7/c21-7-13-14(8-22)20(12-2-4-16-18(6-12)26-10-24-16)27-19(13)11-1-3-15-17(5-11)25-9-23-15/h1-6,21-22H,7-10H2. The zero-order valence-electron chi connectivity index (χ0n) is 14.2. The van der Waals surface area contributed by atoms with E-state index in [0.29, 0.717) is 45.6 Å². The molecule has 2 aliphatic heterocycles. The van der Waals surface area contributed by atoms with Crippen molar-refractivity contribution in [1.29, 1.82) is 0 Å².